The molecule has 1 saturated heterocycles. The Morgan fingerprint density at radius 2 is 2.14 bits per heavy atom. The van der Waals surface area contributed by atoms with Crippen molar-refractivity contribution in [2.75, 3.05) is 24.5 Å². The van der Waals surface area contributed by atoms with Crippen LogP contribution in [0.25, 0.3) is 0 Å². The average molecular weight is 306 g/mol. The molecule has 0 spiro atoms. The van der Waals surface area contributed by atoms with E-state index in [1.165, 1.54) is 0 Å². The van der Waals surface area contributed by atoms with Crippen LogP contribution in [0.1, 0.15) is 26.2 Å². The zero-order valence-corrected chi connectivity index (χ0v) is 12.7. The Morgan fingerprint density at radius 1 is 1.41 bits per heavy atom. The zero-order valence-electron chi connectivity index (χ0n) is 12.7. The van der Waals surface area contributed by atoms with Gasteiger partial charge in [-0.1, -0.05) is 6.92 Å². The molecule has 7 nitrogen and oxygen atoms in total. The maximum atomic E-state index is 12.1. The molecule has 0 bridgehead atoms. The van der Waals surface area contributed by atoms with Crippen molar-refractivity contribution in [1.29, 1.82) is 0 Å². The number of carbonyl (C=O) groups excluding carboxylic acids is 1. The van der Waals surface area contributed by atoms with Crippen LogP contribution in [0, 0.1) is 11.8 Å². The van der Waals surface area contributed by atoms with Gasteiger partial charge in [0.25, 0.3) is 0 Å². The number of carboxylic acid groups (broad SMARTS) is 1. The highest BCUT2D eigenvalue weighted by Gasteiger charge is 2.25. The van der Waals surface area contributed by atoms with E-state index in [1.54, 1.807) is 18.6 Å². The van der Waals surface area contributed by atoms with Gasteiger partial charge in [0.05, 0.1) is 6.20 Å². The Labute approximate surface area is 129 Å². The minimum absolute atomic E-state index is 0.00931. The molecule has 1 aliphatic heterocycles. The molecule has 2 rings (SSSR count). The van der Waals surface area contributed by atoms with Crippen LogP contribution in [0.3, 0.4) is 0 Å². The largest absolute Gasteiger partial charge is 0.481 e. The summed E-state index contributed by atoms with van der Waals surface area (Å²) < 4.78 is 0. The predicted molar refractivity (Wildman–Crippen MR) is 81.4 cm³/mol. The molecule has 0 aromatic carbocycles. The van der Waals surface area contributed by atoms with E-state index >= 15 is 0 Å². The van der Waals surface area contributed by atoms with Crippen molar-refractivity contribution in [3.8, 4) is 0 Å². The van der Waals surface area contributed by atoms with E-state index in [2.05, 4.69) is 20.2 Å². The molecule has 0 radical (unpaired) electrons. The van der Waals surface area contributed by atoms with Crippen molar-refractivity contribution in [3.05, 3.63) is 18.6 Å². The van der Waals surface area contributed by atoms with Gasteiger partial charge in [-0.15, -0.1) is 0 Å². The van der Waals surface area contributed by atoms with Crippen LogP contribution in [0.15, 0.2) is 18.6 Å². The lowest BCUT2D eigenvalue weighted by atomic mass is 9.95. The first kappa shape index (κ1) is 16.2. The van der Waals surface area contributed by atoms with Crippen molar-refractivity contribution >= 4 is 17.7 Å². The smallest absolute Gasteiger partial charge is 0.303 e. The minimum atomic E-state index is -0.834. The highest BCUT2D eigenvalue weighted by molar-refractivity contribution is 5.79. The van der Waals surface area contributed by atoms with Gasteiger partial charge in [-0.3, -0.25) is 14.6 Å². The van der Waals surface area contributed by atoms with Crippen LogP contribution >= 0.6 is 0 Å². The summed E-state index contributed by atoms with van der Waals surface area (Å²) in [5.41, 5.74) is 0. The highest BCUT2D eigenvalue weighted by Crippen LogP contribution is 2.21. The maximum Gasteiger partial charge on any atom is 0.303 e. The molecule has 1 aromatic rings. The lowest BCUT2D eigenvalue weighted by molar-refractivity contribution is -0.138. The Balaban J connectivity index is 1.74. The third-order valence-corrected chi connectivity index (χ3v) is 3.89. The van der Waals surface area contributed by atoms with Crippen LogP contribution in [0.2, 0.25) is 0 Å². The molecular weight excluding hydrogens is 284 g/mol. The van der Waals surface area contributed by atoms with Gasteiger partial charge in [-0.25, -0.2) is 4.98 Å². The number of aliphatic carboxylic acids is 1. The Kier molecular flexibility index (Phi) is 5.68. The van der Waals surface area contributed by atoms with Crippen molar-refractivity contribution in [2.24, 2.45) is 11.8 Å². The van der Waals surface area contributed by atoms with Gasteiger partial charge in [-0.2, -0.15) is 0 Å². The van der Waals surface area contributed by atoms with Gasteiger partial charge in [0.1, 0.15) is 5.82 Å². The van der Waals surface area contributed by atoms with Crippen molar-refractivity contribution in [1.82, 2.24) is 15.3 Å². The first-order chi connectivity index (χ1) is 10.6. The number of nitrogens with zero attached hydrogens (tertiary/aromatic N) is 3. The number of piperidine rings is 1. The van der Waals surface area contributed by atoms with Gasteiger partial charge < -0.3 is 15.3 Å². The molecule has 22 heavy (non-hydrogen) atoms. The van der Waals surface area contributed by atoms with E-state index in [-0.39, 0.29) is 24.2 Å². The summed E-state index contributed by atoms with van der Waals surface area (Å²) in [5, 5.41) is 11.6. The van der Waals surface area contributed by atoms with Crippen molar-refractivity contribution in [2.45, 2.75) is 26.2 Å². The van der Waals surface area contributed by atoms with E-state index < -0.39 is 5.97 Å². The van der Waals surface area contributed by atoms with E-state index in [9.17, 15) is 9.59 Å². The summed E-state index contributed by atoms with van der Waals surface area (Å²) in [4.78, 5) is 33.2. The maximum absolute atomic E-state index is 12.1. The van der Waals surface area contributed by atoms with E-state index in [4.69, 9.17) is 5.11 Å². The number of nitrogens with one attached hydrogen (secondary N) is 1. The van der Waals surface area contributed by atoms with Gasteiger partial charge in [0.2, 0.25) is 5.91 Å². The van der Waals surface area contributed by atoms with E-state index in [1.807, 2.05) is 6.92 Å². The zero-order chi connectivity index (χ0) is 15.9. The molecule has 1 amide bonds. The molecule has 1 atom stereocenters. The number of hydrogen-bond donors (Lipinski definition) is 2. The van der Waals surface area contributed by atoms with Gasteiger partial charge in [-0.05, 0) is 18.8 Å². The normalized spacial score (nSPS) is 17.0. The number of carboxylic acids is 1. The van der Waals surface area contributed by atoms with Crippen molar-refractivity contribution in [3.63, 3.8) is 0 Å². The molecule has 0 aliphatic carbocycles. The first-order valence-corrected chi connectivity index (χ1v) is 7.56. The number of carbonyl (C=O) groups is 2. The van der Waals surface area contributed by atoms with Crippen LogP contribution in [0.5, 0.6) is 0 Å². The summed E-state index contributed by atoms with van der Waals surface area (Å²) in [5.74, 6) is -0.0300. The molecular formula is C15H22N4O3. The molecule has 0 saturated carbocycles. The molecule has 2 N–H and O–H groups in total. The third-order valence-electron chi connectivity index (χ3n) is 3.89. The molecule has 1 aromatic heterocycles. The molecule has 1 unspecified atom stereocenters. The fourth-order valence-electron chi connectivity index (χ4n) is 2.61. The van der Waals surface area contributed by atoms with Crippen LogP contribution in [-0.2, 0) is 9.59 Å². The summed E-state index contributed by atoms with van der Waals surface area (Å²) in [6.07, 6.45) is 6.66. The first-order valence-electron chi connectivity index (χ1n) is 7.56. The number of aromatic nitrogens is 2. The summed E-state index contributed by atoms with van der Waals surface area (Å²) in [6.45, 7) is 3.80. The van der Waals surface area contributed by atoms with E-state index in [0.717, 1.165) is 31.7 Å². The molecule has 1 aliphatic rings. The molecule has 1 fully saturated rings. The summed E-state index contributed by atoms with van der Waals surface area (Å²) in [7, 11) is 0. The number of rotatable bonds is 6. The Morgan fingerprint density at radius 3 is 2.73 bits per heavy atom. The van der Waals surface area contributed by atoms with Crippen LogP contribution in [0.4, 0.5) is 5.82 Å². The fourth-order valence-corrected chi connectivity index (χ4v) is 2.61. The van der Waals surface area contributed by atoms with Crippen LogP contribution < -0.4 is 10.2 Å². The number of amides is 1. The average Bonchev–Trinajstić information content (AvgIpc) is 2.53. The lowest BCUT2D eigenvalue weighted by Crippen LogP contribution is -2.42. The summed E-state index contributed by atoms with van der Waals surface area (Å²) >= 11 is 0. The topological polar surface area (TPSA) is 95.4 Å². The number of anilines is 1. The Bertz CT molecular complexity index is 501. The minimum Gasteiger partial charge on any atom is -0.481 e. The highest BCUT2D eigenvalue weighted by atomic mass is 16.4. The second kappa shape index (κ2) is 7.72. The number of hydrogen-bond acceptors (Lipinski definition) is 5. The molecule has 2 heterocycles. The van der Waals surface area contributed by atoms with E-state index in [0.29, 0.717) is 6.54 Å². The van der Waals surface area contributed by atoms with Gasteiger partial charge in [0.15, 0.2) is 0 Å². The third kappa shape index (κ3) is 4.68. The van der Waals surface area contributed by atoms with Crippen LogP contribution in [-0.4, -0.2) is 46.6 Å². The lowest BCUT2D eigenvalue weighted by Gasteiger charge is -2.32. The van der Waals surface area contributed by atoms with Crippen molar-refractivity contribution < 1.29 is 14.7 Å². The molecule has 7 heteroatoms. The standard InChI is InChI=1S/C15H22N4O3/c1-11(8-14(20)21)9-18-15(22)12-2-6-19(7-3-12)13-10-16-4-5-17-13/h4-5,10-12H,2-3,6-9H2,1H3,(H,18,22)(H,20,21). The molecule has 120 valence electrons. The second-order valence-electron chi connectivity index (χ2n) is 5.77. The fraction of sp³-hybridized carbons (Fsp3) is 0.600. The monoisotopic (exact) mass is 306 g/mol. The summed E-state index contributed by atoms with van der Waals surface area (Å²) in [6, 6.07) is 0. The quantitative estimate of drug-likeness (QED) is 0.811. The van der Waals surface area contributed by atoms with Gasteiger partial charge in [0, 0.05) is 44.4 Å². The Hall–Kier alpha value is -2.18. The predicted octanol–water partition coefficient (Wildman–Crippen LogP) is 0.920. The van der Waals surface area contributed by atoms with Gasteiger partial charge >= 0.3 is 5.97 Å². The SMILES string of the molecule is CC(CNC(=O)C1CCN(c2cnccn2)CC1)CC(=O)O. The second-order valence-corrected chi connectivity index (χ2v) is 5.77.